The summed E-state index contributed by atoms with van der Waals surface area (Å²) >= 11 is 0. The molecule has 0 atom stereocenters. The number of benzene rings is 2. The lowest BCUT2D eigenvalue weighted by Gasteiger charge is -2.11. The normalized spacial score (nSPS) is 10.8. The van der Waals surface area contributed by atoms with Crippen LogP contribution < -0.4 is 21.6 Å². The summed E-state index contributed by atoms with van der Waals surface area (Å²) in [7, 11) is -2.89. The van der Waals surface area contributed by atoms with Crippen LogP contribution in [0.1, 0.15) is 24.0 Å². The summed E-state index contributed by atoms with van der Waals surface area (Å²) < 4.78 is 0. The fourth-order valence-electron chi connectivity index (χ4n) is 2.84. The van der Waals surface area contributed by atoms with Gasteiger partial charge in [-0.05, 0) is 48.0 Å². The summed E-state index contributed by atoms with van der Waals surface area (Å²) in [5, 5.41) is 44.0. The highest BCUT2D eigenvalue weighted by molar-refractivity contribution is 6.59. The smallest absolute Gasteiger partial charge is 0.423 e. The molecule has 26 heavy (non-hydrogen) atoms. The molecule has 0 amide bonds. The van der Waals surface area contributed by atoms with Crippen molar-refractivity contribution in [2.75, 3.05) is 13.1 Å². The first kappa shape index (κ1) is 20.6. The Balaban J connectivity index is 1.61. The molecule has 2 aromatic carbocycles. The number of hydrogen-bond acceptors (Lipinski definition) is 6. The van der Waals surface area contributed by atoms with E-state index in [2.05, 4.69) is 10.6 Å². The van der Waals surface area contributed by atoms with Gasteiger partial charge in [0.25, 0.3) is 0 Å². The van der Waals surface area contributed by atoms with Crippen LogP contribution in [0.25, 0.3) is 0 Å². The summed E-state index contributed by atoms with van der Waals surface area (Å²) in [6, 6.07) is 14.5. The molecule has 138 valence electrons. The summed E-state index contributed by atoms with van der Waals surface area (Å²) in [5.74, 6) is 0. The van der Waals surface area contributed by atoms with Crippen molar-refractivity contribution < 1.29 is 20.1 Å². The molecule has 0 fully saturated rings. The molecule has 0 saturated carbocycles. The standard InChI is InChI=1S/C18H26B2N2O4/c23-19(24)17-9-3-1-7-15(17)13-21-11-5-6-12-22-14-16-8-2-4-10-18(16)20(25)26/h1-4,7-10,21-26H,5-6,11-14H2. The SMILES string of the molecule is OB(O)c1ccccc1CNCCCCNCc1ccccc1B(O)O. The molecule has 0 bridgehead atoms. The highest BCUT2D eigenvalue weighted by atomic mass is 16.4. The Morgan fingerprint density at radius 2 is 1.00 bits per heavy atom. The minimum Gasteiger partial charge on any atom is -0.423 e. The molecule has 8 heteroatoms. The maximum atomic E-state index is 9.34. The van der Waals surface area contributed by atoms with Crippen molar-refractivity contribution in [2.45, 2.75) is 25.9 Å². The molecule has 0 saturated heterocycles. The Bertz CT molecular complexity index is 614. The van der Waals surface area contributed by atoms with Gasteiger partial charge in [0.1, 0.15) is 0 Å². The van der Waals surface area contributed by atoms with E-state index in [1.54, 1.807) is 24.3 Å². The van der Waals surface area contributed by atoms with Gasteiger partial charge in [0.2, 0.25) is 0 Å². The van der Waals surface area contributed by atoms with Crippen LogP contribution in [0.15, 0.2) is 48.5 Å². The average Bonchev–Trinajstić information content (AvgIpc) is 2.64. The zero-order valence-corrected chi connectivity index (χ0v) is 14.8. The first-order valence-electron chi connectivity index (χ1n) is 8.89. The molecule has 0 aliphatic heterocycles. The van der Waals surface area contributed by atoms with Crippen molar-refractivity contribution >= 4 is 25.2 Å². The number of unbranched alkanes of at least 4 members (excludes halogenated alkanes) is 1. The van der Waals surface area contributed by atoms with E-state index in [0.29, 0.717) is 24.0 Å². The molecular weight excluding hydrogens is 330 g/mol. The van der Waals surface area contributed by atoms with E-state index < -0.39 is 14.2 Å². The zero-order chi connectivity index (χ0) is 18.8. The third kappa shape index (κ3) is 6.57. The summed E-state index contributed by atoms with van der Waals surface area (Å²) in [6.07, 6.45) is 1.97. The molecule has 0 unspecified atom stereocenters. The van der Waals surface area contributed by atoms with Gasteiger partial charge in [0, 0.05) is 13.1 Å². The van der Waals surface area contributed by atoms with Gasteiger partial charge in [-0.15, -0.1) is 0 Å². The lowest BCUT2D eigenvalue weighted by atomic mass is 9.77. The third-order valence-electron chi connectivity index (χ3n) is 4.25. The van der Waals surface area contributed by atoms with Crippen LogP contribution in [-0.4, -0.2) is 47.4 Å². The Morgan fingerprint density at radius 1 is 0.615 bits per heavy atom. The van der Waals surface area contributed by atoms with Gasteiger partial charge >= 0.3 is 14.2 Å². The van der Waals surface area contributed by atoms with Crippen LogP contribution in [0.4, 0.5) is 0 Å². The quantitative estimate of drug-likeness (QED) is 0.221. The third-order valence-corrected chi connectivity index (χ3v) is 4.25. The molecule has 0 spiro atoms. The van der Waals surface area contributed by atoms with Crippen LogP contribution in [0.3, 0.4) is 0 Å². The van der Waals surface area contributed by atoms with E-state index in [-0.39, 0.29) is 0 Å². The zero-order valence-electron chi connectivity index (χ0n) is 14.8. The van der Waals surface area contributed by atoms with E-state index in [4.69, 9.17) is 0 Å². The van der Waals surface area contributed by atoms with E-state index >= 15 is 0 Å². The van der Waals surface area contributed by atoms with E-state index in [1.807, 2.05) is 24.3 Å². The number of rotatable bonds is 11. The van der Waals surface area contributed by atoms with E-state index in [9.17, 15) is 20.1 Å². The van der Waals surface area contributed by atoms with Crippen molar-refractivity contribution in [3.63, 3.8) is 0 Å². The van der Waals surface area contributed by atoms with Crippen molar-refractivity contribution in [1.29, 1.82) is 0 Å². The Kier molecular flexibility index (Phi) is 8.83. The highest BCUT2D eigenvalue weighted by Gasteiger charge is 2.15. The van der Waals surface area contributed by atoms with Crippen LogP contribution >= 0.6 is 0 Å². The molecule has 0 heterocycles. The minimum absolute atomic E-state index is 0.534. The molecule has 6 N–H and O–H groups in total. The van der Waals surface area contributed by atoms with Gasteiger partial charge < -0.3 is 30.7 Å². The van der Waals surface area contributed by atoms with Gasteiger partial charge in [-0.2, -0.15) is 0 Å². The largest absolute Gasteiger partial charge is 0.488 e. The van der Waals surface area contributed by atoms with Crippen LogP contribution in [0, 0.1) is 0 Å². The average molecular weight is 356 g/mol. The molecule has 0 aromatic heterocycles. The molecule has 2 aromatic rings. The van der Waals surface area contributed by atoms with Gasteiger partial charge in [-0.3, -0.25) is 0 Å². The van der Waals surface area contributed by atoms with Crippen molar-refractivity contribution in [3.8, 4) is 0 Å². The second kappa shape index (κ2) is 11.1. The van der Waals surface area contributed by atoms with Crippen LogP contribution in [0.2, 0.25) is 0 Å². The Morgan fingerprint density at radius 3 is 1.38 bits per heavy atom. The Hall–Kier alpha value is -1.67. The van der Waals surface area contributed by atoms with Gasteiger partial charge in [0.15, 0.2) is 0 Å². The molecule has 0 aliphatic rings. The fourth-order valence-corrected chi connectivity index (χ4v) is 2.84. The van der Waals surface area contributed by atoms with Crippen molar-refractivity contribution in [3.05, 3.63) is 59.7 Å². The van der Waals surface area contributed by atoms with Crippen molar-refractivity contribution in [2.24, 2.45) is 0 Å². The van der Waals surface area contributed by atoms with Crippen LogP contribution in [0.5, 0.6) is 0 Å². The lowest BCUT2D eigenvalue weighted by molar-refractivity contribution is 0.424. The predicted octanol–water partition coefficient (Wildman–Crippen LogP) is -1.29. The van der Waals surface area contributed by atoms with E-state index in [0.717, 1.165) is 37.1 Å². The molecular formula is C18H26B2N2O4. The minimum atomic E-state index is -1.45. The predicted molar refractivity (Wildman–Crippen MR) is 105 cm³/mol. The maximum Gasteiger partial charge on any atom is 0.488 e. The summed E-state index contributed by atoms with van der Waals surface area (Å²) in [6.45, 7) is 2.87. The van der Waals surface area contributed by atoms with Gasteiger partial charge in [-0.25, -0.2) is 0 Å². The lowest BCUT2D eigenvalue weighted by Crippen LogP contribution is -2.35. The maximum absolute atomic E-state index is 9.34. The summed E-state index contributed by atoms with van der Waals surface area (Å²) in [4.78, 5) is 0. The highest BCUT2D eigenvalue weighted by Crippen LogP contribution is 1.99. The van der Waals surface area contributed by atoms with E-state index in [1.165, 1.54) is 0 Å². The van der Waals surface area contributed by atoms with Gasteiger partial charge in [0.05, 0.1) is 0 Å². The molecule has 2 rings (SSSR count). The second-order valence-corrected chi connectivity index (χ2v) is 6.21. The van der Waals surface area contributed by atoms with Gasteiger partial charge in [-0.1, -0.05) is 48.5 Å². The molecule has 6 nitrogen and oxygen atoms in total. The van der Waals surface area contributed by atoms with Crippen molar-refractivity contribution in [1.82, 2.24) is 10.6 Å². The first-order valence-corrected chi connectivity index (χ1v) is 8.89. The summed E-state index contributed by atoms with van der Waals surface area (Å²) in [5.41, 5.74) is 2.84. The molecule has 0 aliphatic carbocycles. The second-order valence-electron chi connectivity index (χ2n) is 6.21. The monoisotopic (exact) mass is 356 g/mol. The first-order chi connectivity index (χ1) is 12.6. The Labute approximate surface area is 155 Å². The molecule has 0 radical (unpaired) electrons. The topological polar surface area (TPSA) is 105 Å². The number of hydrogen-bond donors (Lipinski definition) is 6. The number of nitrogens with one attached hydrogen (secondary N) is 2. The fraction of sp³-hybridized carbons (Fsp3) is 0.333. The van der Waals surface area contributed by atoms with Crippen LogP contribution in [-0.2, 0) is 13.1 Å².